The zero-order valence-electron chi connectivity index (χ0n) is 15.6. The molecule has 1 aromatic rings. The number of fused-ring (bicyclic) bond motifs is 1. The van der Waals surface area contributed by atoms with Crippen LogP contribution in [0.25, 0.3) is 0 Å². The largest absolute Gasteiger partial charge is 0.354 e. The van der Waals surface area contributed by atoms with Crippen molar-refractivity contribution in [1.29, 1.82) is 0 Å². The van der Waals surface area contributed by atoms with E-state index in [-0.39, 0.29) is 5.78 Å². The molecule has 2 heterocycles. The lowest BCUT2D eigenvalue weighted by Gasteiger charge is -2.43. The summed E-state index contributed by atoms with van der Waals surface area (Å²) in [5.74, 6) is -0.0205. The number of benzene rings is 1. The van der Waals surface area contributed by atoms with Crippen molar-refractivity contribution in [2.45, 2.75) is 63.4 Å². The van der Waals surface area contributed by atoms with Gasteiger partial charge in [-0.15, -0.1) is 0 Å². The molecule has 1 aromatic carbocycles. The number of rotatable bonds is 8. The Morgan fingerprint density at radius 1 is 1.15 bits per heavy atom. The first-order valence-electron chi connectivity index (χ1n) is 9.52. The van der Waals surface area contributed by atoms with Gasteiger partial charge in [0.2, 0.25) is 0 Å². The van der Waals surface area contributed by atoms with Gasteiger partial charge in [-0.2, -0.15) is 0 Å². The van der Waals surface area contributed by atoms with E-state index in [0.717, 1.165) is 24.9 Å². The molecule has 144 valence electrons. The van der Waals surface area contributed by atoms with Crippen molar-refractivity contribution in [3.05, 3.63) is 35.9 Å². The van der Waals surface area contributed by atoms with Gasteiger partial charge in [0.25, 0.3) is 0 Å². The van der Waals surface area contributed by atoms with Crippen LogP contribution in [-0.2, 0) is 23.7 Å². The van der Waals surface area contributed by atoms with E-state index in [1.54, 1.807) is 7.11 Å². The van der Waals surface area contributed by atoms with Crippen LogP contribution in [0.15, 0.2) is 30.3 Å². The maximum atomic E-state index is 13.0. The van der Waals surface area contributed by atoms with Crippen molar-refractivity contribution < 1.29 is 23.7 Å². The predicted octanol–water partition coefficient (Wildman–Crippen LogP) is 2.58. The highest BCUT2D eigenvalue weighted by molar-refractivity contribution is 5.90. The van der Waals surface area contributed by atoms with Crippen molar-refractivity contribution in [2.24, 2.45) is 0 Å². The Labute approximate surface area is 155 Å². The Morgan fingerprint density at radius 2 is 1.96 bits per heavy atom. The summed E-state index contributed by atoms with van der Waals surface area (Å²) < 4.78 is 23.0. The molecule has 2 saturated heterocycles. The van der Waals surface area contributed by atoms with Gasteiger partial charge in [0.05, 0.1) is 6.61 Å². The lowest BCUT2D eigenvalue weighted by Crippen LogP contribution is -2.63. The quantitative estimate of drug-likeness (QED) is 0.716. The summed E-state index contributed by atoms with van der Waals surface area (Å²) in [6.45, 7) is 3.24. The molecule has 6 nitrogen and oxygen atoms in total. The Balaban J connectivity index is 1.62. The number of ketones is 1. The Bertz CT molecular complexity index is 567. The van der Waals surface area contributed by atoms with Crippen LogP contribution >= 0.6 is 0 Å². The number of hydrogen-bond acceptors (Lipinski definition) is 6. The van der Waals surface area contributed by atoms with Gasteiger partial charge in [-0.05, 0) is 13.0 Å². The summed E-state index contributed by atoms with van der Waals surface area (Å²) in [4.78, 5) is 13.0. The fraction of sp³-hybridized carbons (Fsp3) is 0.650. The number of ether oxygens (including phenoxy) is 4. The van der Waals surface area contributed by atoms with Gasteiger partial charge in [0, 0.05) is 12.7 Å². The molecule has 0 spiro atoms. The zero-order chi connectivity index (χ0) is 18.4. The third kappa shape index (κ3) is 4.50. The minimum atomic E-state index is -0.645. The van der Waals surface area contributed by atoms with E-state index in [1.807, 2.05) is 30.3 Å². The number of Topliss-reactive ketones (excluding diaryl/α,β-unsaturated/α-hetero) is 1. The Hall–Kier alpha value is -1.31. The SMILES string of the molecule is CCCCCCN[C@@H]1C(=O)[C@@H]2O[C@H](c3ccccc3)OC[C@H]2O[C@@H]1OC. The normalized spacial score (nSPS) is 31.6. The van der Waals surface area contributed by atoms with E-state index < -0.39 is 30.8 Å². The molecule has 0 saturated carbocycles. The summed E-state index contributed by atoms with van der Waals surface area (Å²) in [5.41, 5.74) is 0.900. The highest BCUT2D eigenvalue weighted by Gasteiger charge is 2.49. The molecule has 2 fully saturated rings. The number of methoxy groups -OCH3 is 1. The molecule has 6 heteroatoms. The lowest BCUT2D eigenvalue weighted by atomic mass is 9.97. The third-order valence-corrected chi connectivity index (χ3v) is 4.89. The molecule has 3 rings (SSSR count). The minimum Gasteiger partial charge on any atom is -0.354 e. The van der Waals surface area contributed by atoms with Gasteiger partial charge >= 0.3 is 0 Å². The molecule has 0 amide bonds. The van der Waals surface area contributed by atoms with E-state index >= 15 is 0 Å². The van der Waals surface area contributed by atoms with Gasteiger partial charge in [0.1, 0.15) is 18.2 Å². The first-order chi connectivity index (χ1) is 12.7. The molecule has 2 aliphatic heterocycles. The van der Waals surface area contributed by atoms with Gasteiger partial charge in [-0.1, -0.05) is 56.5 Å². The molecule has 0 unspecified atom stereocenters. The molecule has 0 aromatic heterocycles. The number of carbonyl (C=O) groups is 1. The molecule has 1 N–H and O–H groups in total. The molecule has 0 bridgehead atoms. The molecule has 26 heavy (non-hydrogen) atoms. The predicted molar refractivity (Wildman–Crippen MR) is 96.6 cm³/mol. The highest BCUT2D eigenvalue weighted by Crippen LogP contribution is 2.32. The lowest BCUT2D eigenvalue weighted by molar-refractivity contribution is -0.303. The number of carbonyl (C=O) groups excluding carboxylic acids is 1. The van der Waals surface area contributed by atoms with E-state index in [1.165, 1.54) is 12.8 Å². The van der Waals surface area contributed by atoms with Crippen LogP contribution in [0.2, 0.25) is 0 Å². The Morgan fingerprint density at radius 3 is 2.69 bits per heavy atom. The van der Waals surface area contributed by atoms with Crippen LogP contribution in [0.5, 0.6) is 0 Å². The van der Waals surface area contributed by atoms with Crippen LogP contribution < -0.4 is 5.32 Å². The standard InChI is InChI=1S/C20H29NO5/c1-3-4-5-9-12-21-16-17(22)18-15(25-20(16)23-2)13-24-19(26-18)14-10-7-6-8-11-14/h6-8,10-11,15-16,18-21H,3-5,9,12-13H2,1-2H3/t15-,16-,18-,19-,20+/m1/s1. The van der Waals surface area contributed by atoms with Crippen molar-refractivity contribution in [3.8, 4) is 0 Å². The van der Waals surface area contributed by atoms with Crippen LogP contribution in [-0.4, -0.2) is 50.6 Å². The topological polar surface area (TPSA) is 66.0 Å². The summed E-state index contributed by atoms with van der Waals surface area (Å²) >= 11 is 0. The van der Waals surface area contributed by atoms with Crippen molar-refractivity contribution in [3.63, 3.8) is 0 Å². The van der Waals surface area contributed by atoms with E-state index in [2.05, 4.69) is 12.2 Å². The average Bonchev–Trinajstić information content (AvgIpc) is 2.69. The monoisotopic (exact) mass is 363 g/mol. The minimum absolute atomic E-state index is 0.0205. The number of hydrogen-bond donors (Lipinski definition) is 1. The van der Waals surface area contributed by atoms with Gasteiger partial charge in [0.15, 0.2) is 18.4 Å². The van der Waals surface area contributed by atoms with Gasteiger partial charge in [-0.3, -0.25) is 4.79 Å². The second kappa shape index (κ2) is 9.58. The van der Waals surface area contributed by atoms with Crippen molar-refractivity contribution in [2.75, 3.05) is 20.3 Å². The number of nitrogens with one attached hydrogen (secondary N) is 1. The average molecular weight is 363 g/mol. The summed E-state index contributed by atoms with van der Waals surface area (Å²) in [6, 6.07) is 9.13. The first-order valence-corrected chi connectivity index (χ1v) is 9.52. The molecular formula is C20H29NO5. The van der Waals surface area contributed by atoms with Crippen LogP contribution in [0, 0.1) is 0 Å². The van der Waals surface area contributed by atoms with Gasteiger partial charge < -0.3 is 24.3 Å². The molecule has 2 aliphatic rings. The molecule has 0 radical (unpaired) electrons. The van der Waals surface area contributed by atoms with E-state index in [0.29, 0.717) is 6.61 Å². The van der Waals surface area contributed by atoms with E-state index in [4.69, 9.17) is 18.9 Å². The second-order valence-corrected chi connectivity index (χ2v) is 6.81. The fourth-order valence-corrected chi connectivity index (χ4v) is 3.44. The summed E-state index contributed by atoms with van der Waals surface area (Å²) in [6.07, 6.45) is 2.32. The van der Waals surface area contributed by atoms with Crippen LogP contribution in [0.1, 0.15) is 44.5 Å². The zero-order valence-corrected chi connectivity index (χ0v) is 15.6. The van der Waals surface area contributed by atoms with Crippen molar-refractivity contribution >= 4 is 5.78 Å². The number of unbranched alkanes of at least 4 members (excludes halogenated alkanes) is 3. The molecular weight excluding hydrogens is 334 g/mol. The van der Waals surface area contributed by atoms with Crippen LogP contribution in [0.4, 0.5) is 0 Å². The summed E-state index contributed by atoms with van der Waals surface area (Å²) in [7, 11) is 1.56. The third-order valence-electron chi connectivity index (χ3n) is 4.89. The maximum absolute atomic E-state index is 13.0. The maximum Gasteiger partial charge on any atom is 0.186 e. The second-order valence-electron chi connectivity index (χ2n) is 6.81. The summed E-state index contributed by atoms with van der Waals surface area (Å²) in [5, 5.41) is 3.30. The van der Waals surface area contributed by atoms with E-state index in [9.17, 15) is 4.79 Å². The van der Waals surface area contributed by atoms with Gasteiger partial charge in [-0.25, -0.2) is 0 Å². The first kappa shape index (κ1) is 19.5. The smallest absolute Gasteiger partial charge is 0.186 e. The van der Waals surface area contributed by atoms with Crippen LogP contribution in [0.3, 0.4) is 0 Å². The molecule has 0 aliphatic carbocycles. The fourth-order valence-electron chi connectivity index (χ4n) is 3.44. The highest BCUT2D eigenvalue weighted by atomic mass is 16.7. The Kier molecular flexibility index (Phi) is 7.16. The van der Waals surface area contributed by atoms with Crippen molar-refractivity contribution in [1.82, 2.24) is 5.32 Å². The molecule has 5 atom stereocenters.